The minimum Gasteiger partial charge on any atom is -0.312 e. The summed E-state index contributed by atoms with van der Waals surface area (Å²) in [5.41, 5.74) is 2.39. The second-order valence-electron chi connectivity index (χ2n) is 5.79. The molecule has 0 spiro atoms. The van der Waals surface area contributed by atoms with Gasteiger partial charge in [-0.25, -0.2) is 0 Å². The van der Waals surface area contributed by atoms with Gasteiger partial charge in [-0.3, -0.25) is 4.98 Å². The van der Waals surface area contributed by atoms with E-state index >= 15 is 0 Å². The van der Waals surface area contributed by atoms with Crippen molar-refractivity contribution in [1.29, 1.82) is 0 Å². The molecule has 1 saturated carbocycles. The molecule has 2 aromatic rings. The monoisotopic (exact) mass is 288 g/mol. The van der Waals surface area contributed by atoms with Crippen LogP contribution < -0.4 is 5.32 Å². The molecular weight excluding hydrogens is 268 g/mol. The Morgan fingerprint density at radius 2 is 2.20 bits per heavy atom. The van der Waals surface area contributed by atoms with E-state index in [9.17, 15) is 0 Å². The van der Waals surface area contributed by atoms with E-state index in [-0.39, 0.29) is 0 Å². The van der Waals surface area contributed by atoms with Crippen LogP contribution in [0.15, 0.2) is 36.5 Å². The standard InChI is InChI=1S/C17H21ClN2/c18-16-5-1-3-13(10-16)11-19-12-14-6-7-17-15(9-14)4-2-8-20-17/h2,4,6-9,13,16,19H,1,3,5,10-12H2. The Kier molecular flexibility index (Phi) is 4.54. The molecule has 0 saturated heterocycles. The summed E-state index contributed by atoms with van der Waals surface area (Å²) in [6, 6.07) is 10.6. The SMILES string of the molecule is ClC1CCCC(CNCc2ccc3ncccc3c2)C1. The fraction of sp³-hybridized carbons (Fsp3) is 0.471. The van der Waals surface area contributed by atoms with Crippen molar-refractivity contribution in [2.24, 2.45) is 5.92 Å². The lowest BCUT2D eigenvalue weighted by Crippen LogP contribution is -2.27. The average molecular weight is 289 g/mol. The second kappa shape index (κ2) is 6.55. The fourth-order valence-electron chi connectivity index (χ4n) is 3.07. The van der Waals surface area contributed by atoms with Gasteiger partial charge in [0, 0.05) is 23.5 Å². The zero-order valence-corrected chi connectivity index (χ0v) is 12.4. The van der Waals surface area contributed by atoms with Crippen molar-refractivity contribution in [3.8, 4) is 0 Å². The molecule has 1 aliphatic carbocycles. The number of nitrogens with zero attached hydrogens (tertiary/aromatic N) is 1. The van der Waals surface area contributed by atoms with Crippen LogP contribution in [0.25, 0.3) is 10.9 Å². The van der Waals surface area contributed by atoms with E-state index in [1.54, 1.807) is 0 Å². The first-order valence-corrected chi connectivity index (χ1v) is 7.93. The zero-order valence-electron chi connectivity index (χ0n) is 11.7. The summed E-state index contributed by atoms with van der Waals surface area (Å²) in [4.78, 5) is 4.35. The maximum absolute atomic E-state index is 6.24. The van der Waals surface area contributed by atoms with Crippen LogP contribution in [0.5, 0.6) is 0 Å². The molecule has 2 unspecified atom stereocenters. The number of pyridine rings is 1. The van der Waals surface area contributed by atoms with Crippen LogP contribution in [0.4, 0.5) is 0 Å². The van der Waals surface area contributed by atoms with Crippen molar-refractivity contribution in [3.63, 3.8) is 0 Å². The molecule has 1 fully saturated rings. The first kappa shape index (κ1) is 13.8. The van der Waals surface area contributed by atoms with E-state index in [0.717, 1.165) is 30.9 Å². The summed E-state index contributed by atoms with van der Waals surface area (Å²) in [5.74, 6) is 0.744. The molecule has 1 aromatic heterocycles. The largest absolute Gasteiger partial charge is 0.312 e. The van der Waals surface area contributed by atoms with Crippen molar-refractivity contribution >= 4 is 22.5 Å². The zero-order chi connectivity index (χ0) is 13.8. The summed E-state index contributed by atoms with van der Waals surface area (Å²) in [6.45, 7) is 2.00. The highest BCUT2D eigenvalue weighted by atomic mass is 35.5. The van der Waals surface area contributed by atoms with Gasteiger partial charge in [0.15, 0.2) is 0 Å². The van der Waals surface area contributed by atoms with Crippen LogP contribution in [-0.2, 0) is 6.54 Å². The van der Waals surface area contributed by atoms with E-state index < -0.39 is 0 Å². The lowest BCUT2D eigenvalue weighted by atomic mass is 9.89. The van der Waals surface area contributed by atoms with Gasteiger partial charge in [-0.1, -0.05) is 18.6 Å². The lowest BCUT2D eigenvalue weighted by molar-refractivity contribution is 0.346. The van der Waals surface area contributed by atoms with Crippen LogP contribution in [0, 0.1) is 5.92 Å². The number of benzene rings is 1. The molecule has 1 heterocycles. The summed E-state index contributed by atoms with van der Waals surface area (Å²) in [7, 11) is 0. The van der Waals surface area contributed by atoms with Gasteiger partial charge in [0.05, 0.1) is 5.52 Å². The van der Waals surface area contributed by atoms with E-state index in [2.05, 4.69) is 34.6 Å². The molecule has 0 aliphatic heterocycles. The molecule has 3 heteroatoms. The fourth-order valence-corrected chi connectivity index (χ4v) is 3.47. The molecule has 2 atom stereocenters. The Morgan fingerprint density at radius 3 is 3.10 bits per heavy atom. The van der Waals surface area contributed by atoms with Crippen molar-refractivity contribution in [3.05, 3.63) is 42.1 Å². The van der Waals surface area contributed by atoms with Crippen LogP contribution in [0.3, 0.4) is 0 Å². The van der Waals surface area contributed by atoms with Gasteiger partial charge in [0.25, 0.3) is 0 Å². The molecule has 1 N–H and O–H groups in total. The predicted octanol–water partition coefficient (Wildman–Crippen LogP) is 4.12. The molecule has 20 heavy (non-hydrogen) atoms. The highest BCUT2D eigenvalue weighted by Crippen LogP contribution is 2.27. The Hall–Kier alpha value is -1.12. The first-order chi connectivity index (χ1) is 9.81. The molecule has 1 aromatic carbocycles. The summed E-state index contributed by atoms with van der Waals surface area (Å²) < 4.78 is 0. The summed E-state index contributed by atoms with van der Waals surface area (Å²) >= 11 is 6.24. The molecule has 2 nitrogen and oxygen atoms in total. The molecule has 0 amide bonds. The minimum absolute atomic E-state index is 0.391. The number of fused-ring (bicyclic) bond motifs is 1. The minimum atomic E-state index is 0.391. The van der Waals surface area contributed by atoms with Crippen molar-refractivity contribution < 1.29 is 0 Å². The Bertz CT molecular complexity index is 570. The van der Waals surface area contributed by atoms with Gasteiger partial charge in [-0.05, 0) is 55.5 Å². The smallest absolute Gasteiger partial charge is 0.0702 e. The van der Waals surface area contributed by atoms with E-state index in [0.29, 0.717) is 5.38 Å². The molecular formula is C17H21ClN2. The molecule has 106 valence electrons. The number of rotatable bonds is 4. The Morgan fingerprint density at radius 1 is 1.25 bits per heavy atom. The van der Waals surface area contributed by atoms with Crippen molar-refractivity contribution in [2.45, 2.75) is 37.6 Å². The van der Waals surface area contributed by atoms with Gasteiger partial charge < -0.3 is 5.32 Å². The number of hydrogen-bond acceptors (Lipinski definition) is 2. The number of nitrogens with one attached hydrogen (secondary N) is 1. The normalized spacial score (nSPS) is 23.1. The summed E-state index contributed by atoms with van der Waals surface area (Å²) in [5, 5.41) is 5.18. The predicted molar refractivity (Wildman–Crippen MR) is 85.0 cm³/mol. The van der Waals surface area contributed by atoms with Crippen LogP contribution in [0.2, 0.25) is 0 Å². The molecule has 3 rings (SSSR count). The van der Waals surface area contributed by atoms with Gasteiger partial charge in [-0.2, -0.15) is 0 Å². The number of hydrogen-bond donors (Lipinski definition) is 1. The number of alkyl halides is 1. The molecule has 1 aliphatic rings. The third-order valence-corrected chi connectivity index (χ3v) is 4.54. The van der Waals surface area contributed by atoms with Crippen LogP contribution in [0.1, 0.15) is 31.2 Å². The molecule has 0 bridgehead atoms. The van der Waals surface area contributed by atoms with Crippen molar-refractivity contribution in [1.82, 2.24) is 10.3 Å². The topological polar surface area (TPSA) is 24.9 Å². The van der Waals surface area contributed by atoms with Gasteiger partial charge in [-0.15, -0.1) is 11.6 Å². The third kappa shape index (κ3) is 3.50. The average Bonchev–Trinajstić information content (AvgIpc) is 2.47. The number of aromatic nitrogens is 1. The highest BCUT2D eigenvalue weighted by Gasteiger charge is 2.19. The highest BCUT2D eigenvalue weighted by molar-refractivity contribution is 6.20. The number of halogens is 1. The third-order valence-electron chi connectivity index (χ3n) is 4.15. The van der Waals surface area contributed by atoms with E-state index in [1.165, 1.54) is 30.2 Å². The van der Waals surface area contributed by atoms with E-state index in [1.807, 2.05) is 12.3 Å². The lowest BCUT2D eigenvalue weighted by Gasteiger charge is -2.25. The summed E-state index contributed by atoms with van der Waals surface area (Å²) in [6.07, 6.45) is 6.79. The maximum Gasteiger partial charge on any atom is 0.0702 e. The van der Waals surface area contributed by atoms with Gasteiger partial charge in [0.2, 0.25) is 0 Å². The van der Waals surface area contributed by atoms with Crippen LogP contribution >= 0.6 is 11.6 Å². The maximum atomic E-state index is 6.24. The van der Waals surface area contributed by atoms with Crippen molar-refractivity contribution in [2.75, 3.05) is 6.54 Å². The second-order valence-corrected chi connectivity index (χ2v) is 6.41. The quantitative estimate of drug-likeness (QED) is 0.856. The first-order valence-electron chi connectivity index (χ1n) is 7.50. The van der Waals surface area contributed by atoms with Gasteiger partial charge >= 0.3 is 0 Å². The Balaban J connectivity index is 1.54. The van der Waals surface area contributed by atoms with Crippen LogP contribution in [-0.4, -0.2) is 16.9 Å². The molecule has 0 radical (unpaired) electrons. The van der Waals surface area contributed by atoms with E-state index in [4.69, 9.17) is 11.6 Å². The van der Waals surface area contributed by atoms with Gasteiger partial charge in [0.1, 0.15) is 0 Å². The Labute approximate surface area is 125 Å².